The minimum absolute atomic E-state index is 0.125. The molecule has 3 rings (SSSR count). The molecule has 0 unspecified atom stereocenters. The monoisotopic (exact) mass is 307 g/mol. The first-order chi connectivity index (χ1) is 9.54. The average molecular weight is 308 g/mol. The quantitative estimate of drug-likeness (QED) is 0.737. The number of halogens is 2. The number of fused-ring (bicyclic) bond motifs is 1. The Balaban J connectivity index is 2.20. The number of benzene rings is 1. The third kappa shape index (κ3) is 2.21. The van der Waals surface area contributed by atoms with Crippen LogP contribution in [-0.4, -0.2) is 25.7 Å². The van der Waals surface area contributed by atoms with E-state index in [1.807, 2.05) is 6.07 Å². The molecule has 100 valence electrons. The topological polar surface area (TPSA) is 67.5 Å². The third-order valence-corrected chi connectivity index (χ3v) is 3.23. The summed E-state index contributed by atoms with van der Waals surface area (Å²) >= 11 is 11.9. The molecular weight excluding hydrogens is 301 g/mol. The van der Waals surface area contributed by atoms with E-state index in [9.17, 15) is 4.79 Å². The molecule has 3 aromatic rings. The average Bonchev–Trinajstić information content (AvgIpc) is 2.83. The summed E-state index contributed by atoms with van der Waals surface area (Å²) in [6.07, 6.45) is 0. The fraction of sp³-hybridized carbons (Fsp3) is 0. The Morgan fingerprint density at radius 2 is 2.00 bits per heavy atom. The van der Waals surface area contributed by atoms with Gasteiger partial charge in [-0.25, -0.2) is 14.3 Å². The highest BCUT2D eigenvalue weighted by Crippen LogP contribution is 2.24. The molecule has 0 spiro atoms. The van der Waals surface area contributed by atoms with Crippen molar-refractivity contribution < 1.29 is 9.90 Å². The van der Waals surface area contributed by atoms with Crippen molar-refractivity contribution in [2.75, 3.05) is 0 Å². The maximum atomic E-state index is 11.0. The summed E-state index contributed by atoms with van der Waals surface area (Å²) in [7, 11) is 0. The Morgan fingerprint density at radius 3 is 2.70 bits per heavy atom. The number of aromatic carboxylic acids is 1. The van der Waals surface area contributed by atoms with Crippen molar-refractivity contribution in [3.05, 3.63) is 52.3 Å². The van der Waals surface area contributed by atoms with Gasteiger partial charge in [0.25, 0.3) is 0 Å². The zero-order chi connectivity index (χ0) is 14.3. The molecule has 0 aliphatic rings. The second-order valence-electron chi connectivity index (χ2n) is 4.08. The summed E-state index contributed by atoms with van der Waals surface area (Å²) < 4.78 is 1.38. The lowest BCUT2D eigenvalue weighted by Crippen LogP contribution is -2.03. The van der Waals surface area contributed by atoms with Gasteiger partial charge in [0.05, 0.1) is 5.69 Å². The first-order valence-electron chi connectivity index (χ1n) is 5.60. The van der Waals surface area contributed by atoms with Gasteiger partial charge in [0, 0.05) is 22.7 Å². The first kappa shape index (κ1) is 12.9. The number of hydrogen-bond acceptors (Lipinski definition) is 3. The van der Waals surface area contributed by atoms with Crippen LogP contribution in [0.2, 0.25) is 10.2 Å². The molecule has 0 aliphatic carbocycles. The molecule has 0 saturated heterocycles. The van der Waals surface area contributed by atoms with E-state index in [0.717, 1.165) is 5.56 Å². The van der Waals surface area contributed by atoms with Crippen molar-refractivity contribution in [2.45, 2.75) is 0 Å². The van der Waals surface area contributed by atoms with E-state index in [0.29, 0.717) is 16.4 Å². The Labute approximate surface area is 123 Å². The zero-order valence-electron chi connectivity index (χ0n) is 9.92. The molecule has 0 bridgehead atoms. The number of nitrogens with zero attached hydrogens (tertiary/aromatic N) is 3. The Hall–Kier alpha value is -2.11. The molecule has 0 atom stereocenters. The van der Waals surface area contributed by atoms with Gasteiger partial charge in [0.1, 0.15) is 5.15 Å². The van der Waals surface area contributed by atoms with Gasteiger partial charge in [0.2, 0.25) is 0 Å². The van der Waals surface area contributed by atoms with Crippen molar-refractivity contribution in [3.8, 4) is 11.3 Å². The highest BCUT2D eigenvalue weighted by Gasteiger charge is 2.13. The molecule has 0 saturated carbocycles. The third-order valence-electron chi connectivity index (χ3n) is 2.72. The van der Waals surface area contributed by atoms with Crippen LogP contribution in [0.5, 0.6) is 0 Å². The van der Waals surface area contributed by atoms with Crippen LogP contribution in [-0.2, 0) is 0 Å². The number of carboxylic acids is 1. The van der Waals surface area contributed by atoms with Crippen molar-refractivity contribution >= 4 is 34.8 Å². The van der Waals surface area contributed by atoms with Crippen LogP contribution in [0.25, 0.3) is 16.9 Å². The molecule has 20 heavy (non-hydrogen) atoms. The number of rotatable bonds is 2. The lowest BCUT2D eigenvalue weighted by Gasteiger charge is -1.98. The smallest absolute Gasteiger partial charge is 0.354 e. The predicted molar refractivity (Wildman–Crippen MR) is 75.4 cm³/mol. The Bertz CT molecular complexity index is 830. The molecule has 2 aromatic heterocycles. The summed E-state index contributed by atoms with van der Waals surface area (Å²) in [6, 6.07) is 10.1. The van der Waals surface area contributed by atoms with Crippen molar-refractivity contribution in [2.24, 2.45) is 0 Å². The number of carboxylic acid groups (broad SMARTS) is 1. The maximum Gasteiger partial charge on any atom is 0.354 e. The second kappa shape index (κ2) is 4.77. The summed E-state index contributed by atoms with van der Waals surface area (Å²) in [5, 5.41) is 14.0. The highest BCUT2D eigenvalue weighted by molar-refractivity contribution is 6.31. The minimum Gasteiger partial charge on any atom is -0.477 e. The van der Waals surface area contributed by atoms with Crippen molar-refractivity contribution in [1.82, 2.24) is 14.6 Å². The van der Waals surface area contributed by atoms with Crippen molar-refractivity contribution in [1.29, 1.82) is 0 Å². The fourth-order valence-electron chi connectivity index (χ4n) is 1.84. The largest absolute Gasteiger partial charge is 0.477 e. The highest BCUT2D eigenvalue weighted by atomic mass is 35.5. The van der Waals surface area contributed by atoms with Gasteiger partial charge < -0.3 is 5.11 Å². The van der Waals surface area contributed by atoms with Gasteiger partial charge in [0.15, 0.2) is 11.3 Å². The van der Waals surface area contributed by atoms with Crippen LogP contribution in [0.1, 0.15) is 10.5 Å². The summed E-state index contributed by atoms with van der Waals surface area (Å²) in [6.45, 7) is 0. The number of aromatic nitrogens is 3. The first-order valence-corrected chi connectivity index (χ1v) is 6.36. The number of carbonyl (C=O) groups is 1. The van der Waals surface area contributed by atoms with E-state index in [1.54, 1.807) is 24.3 Å². The van der Waals surface area contributed by atoms with E-state index in [1.165, 1.54) is 10.6 Å². The van der Waals surface area contributed by atoms with E-state index in [2.05, 4.69) is 10.1 Å². The van der Waals surface area contributed by atoms with Crippen LogP contribution in [0.3, 0.4) is 0 Å². The molecule has 2 heterocycles. The normalized spacial score (nSPS) is 10.9. The summed E-state index contributed by atoms with van der Waals surface area (Å²) in [5.41, 5.74) is 1.66. The van der Waals surface area contributed by atoms with E-state index >= 15 is 0 Å². The van der Waals surface area contributed by atoms with Gasteiger partial charge in [-0.1, -0.05) is 35.3 Å². The predicted octanol–water partition coefficient (Wildman–Crippen LogP) is 3.40. The number of hydrogen-bond donors (Lipinski definition) is 1. The SMILES string of the molecule is O=C(O)c1cc(Cl)n2nc(-c3cccc(Cl)c3)cc2n1. The summed E-state index contributed by atoms with van der Waals surface area (Å²) in [5.74, 6) is -1.14. The molecule has 0 amide bonds. The van der Waals surface area contributed by atoms with Crippen LogP contribution in [0, 0.1) is 0 Å². The fourth-order valence-corrected chi connectivity index (χ4v) is 2.25. The molecule has 1 aromatic carbocycles. The Morgan fingerprint density at radius 1 is 1.20 bits per heavy atom. The summed E-state index contributed by atoms with van der Waals surface area (Å²) in [4.78, 5) is 14.9. The van der Waals surface area contributed by atoms with Gasteiger partial charge in [-0.05, 0) is 12.1 Å². The van der Waals surface area contributed by atoms with Gasteiger partial charge in [-0.15, -0.1) is 0 Å². The van der Waals surface area contributed by atoms with E-state index in [-0.39, 0.29) is 10.8 Å². The minimum atomic E-state index is -1.14. The van der Waals surface area contributed by atoms with E-state index in [4.69, 9.17) is 28.3 Å². The van der Waals surface area contributed by atoms with Gasteiger partial charge >= 0.3 is 5.97 Å². The molecule has 0 aliphatic heterocycles. The van der Waals surface area contributed by atoms with Crippen molar-refractivity contribution in [3.63, 3.8) is 0 Å². The lowest BCUT2D eigenvalue weighted by molar-refractivity contribution is 0.0690. The molecule has 0 fully saturated rings. The maximum absolute atomic E-state index is 11.0. The zero-order valence-corrected chi connectivity index (χ0v) is 11.4. The van der Waals surface area contributed by atoms with Crippen LogP contribution in [0.15, 0.2) is 36.4 Å². The molecule has 0 radical (unpaired) electrons. The van der Waals surface area contributed by atoms with Crippen LogP contribution >= 0.6 is 23.2 Å². The molecular formula is C13H7Cl2N3O2. The molecule has 7 heteroatoms. The van der Waals surface area contributed by atoms with Gasteiger partial charge in [-0.3, -0.25) is 0 Å². The molecule has 1 N–H and O–H groups in total. The van der Waals surface area contributed by atoms with Crippen LogP contribution in [0.4, 0.5) is 0 Å². The standard InChI is InChI=1S/C13H7Cl2N3O2/c14-8-3-1-2-7(4-8)9-6-12-16-10(13(19)20)5-11(15)18(12)17-9/h1-6H,(H,19,20). The second-order valence-corrected chi connectivity index (χ2v) is 4.90. The van der Waals surface area contributed by atoms with Gasteiger partial charge in [-0.2, -0.15) is 5.10 Å². The van der Waals surface area contributed by atoms with Crippen LogP contribution < -0.4 is 0 Å². The lowest BCUT2D eigenvalue weighted by atomic mass is 10.1. The Kier molecular flexibility index (Phi) is 3.08. The van der Waals surface area contributed by atoms with E-state index < -0.39 is 5.97 Å². The molecule has 5 nitrogen and oxygen atoms in total.